The highest BCUT2D eigenvalue weighted by Crippen LogP contribution is 2.23. The molecule has 0 aliphatic heterocycles. The molecule has 0 saturated heterocycles. The second kappa shape index (κ2) is 6.69. The number of carboxylic acid groups (broad SMARTS) is 1. The topological polar surface area (TPSA) is 79.5 Å². The van der Waals surface area contributed by atoms with Crippen molar-refractivity contribution in [1.29, 1.82) is 0 Å². The Kier molecular flexibility index (Phi) is 4.93. The molecule has 2 rings (SSSR count). The van der Waals surface area contributed by atoms with Gasteiger partial charge in [-0.2, -0.15) is 0 Å². The second-order valence-electron chi connectivity index (χ2n) is 4.22. The van der Waals surface area contributed by atoms with Crippen LogP contribution in [-0.4, -0.2) is 22.7 Å². The number of thioether (sulfide) groups is 1. The Morgan fingerprint density at radius 2 is 2.10 bits per heavy atom. The highest BCUT2D eigenvalue weighted by atomic mass is 35.5. The Balaban J connectivity index is 1.91. The van der Waals surface area contributed by atoms with Gasteiger partial charge in [-0.05, 0) is 42.8 Å². The minimum Gasteiger partial charge on any atom is -0.475 e. The monoisotopic (exact) mass is 325 g/mol. The summed E-state index contributed by atoms with van der Waals surface area (Å²) in [5, 5.41) is 12.5. The van der Waals surface area contributed by atoms with Crippen molar-refractivity contribution < 1.29 is 19.1 Å². The highest BCUT2D eigenvalue weighted by Gasteiger charge is 2.11. The second-order valence-corrected chi connectivity index (χ2v) is 5.64. The largest absolute Gasteiger partial charge is 0.475 e. The zero-order valence-electron chi connectivity index (χ0n) is 11.1. The van der Waals surface area contributed by atoms with E-state index in [1.54, 1.807) is 18.2 Å². The third-order valence-corrected chi connectivity index (χ3v) is 3.75. The van der Waals surface area contributed by atoms with E-state index in [9.17, 15) is 9.59 Å². The summed E-state index contributed by atoms with van der Waals surface area (Å²) in [5.41, 5.74) is 1.56. The summed E-state index contributed by atoms with van der Waals surface area (Å²) in [5.74, 6) is -1.37. The molecule has 0 unspecified atom stereocenters. The molecule has 2 aromatic rings. The van der Waals surface area contributed by atoms with Crippen LogP contribution in [0.4, 0.5) is 5.69 Å². The Morgan fingerprint density at radius 1 is 1.33 bits per heavy atom. The molecule has 1 aromatic heterocycles. The number of rotatable bonds is 5. The van der Waals surface area contributed by atoms with Crippen molar-refractivity contribution in [3.63, 3.8) is 0 Å². The molecule has 21 heavy (non-hydrogen) atoms. The lowest BCUT2D eigenvalue weighted by Gasteiger charge is -2.07. The number of anilines is 1. The van der Waals surface area contributed by atoms with Crippen LogP contribution in [0.5, 0.6) is 0 Å². The number of aromatic carboxylic acids is 1. The number of carbonyl (C=O) groups is 2. The fourth-order valence-electron chi connectivity index (χ4n) is 1.60. The molecule has 0 saturated carbocycles. The van der Waals surface area contributed by atoms with Gasteiger partial charge < -0.3 is 14.8 Å². The van der Waals surface area contributed by atoms with E-state index in [2.05, 4.69) is 5.32 Å². The smallest absolute Gasteiger partial charge is 0.371 e. The van der Waals surface area contributed by atoms with Gasteiger partial charge in [-0.25, -0.2) is 4.79 Å². The SMILES string of the molecule is Cc1cc(Cl)ccc1NC(=O)CSc1ccc(C(=O)O)o1. The number of amides is 1. The molecule has 2 N–H and O–H groups in total. The first-order valence-corrected chi connectivity index (χ1v) is 7.34. The van der Waals surface area contributed by atoms with Crippen LogP contribution in [0.3, 0.4) is 0 Å². The molecule has 0 atom stereocenters. The number of nitrogens with one attached hydrogen (secondary N) is 1. The highest BCUT2D eigenvalue weighted by molar-refractivity contribution is 7.99. The van der Waals surface area contributed by atoms with Crippen molar-refractivity contribution in [2.75, 3.05) is 11.1 Å². The van der Waals surface area contributed by atoms with Crippen LogP contribution in [0.1, 0.15) is 16.1 Å². The summed E-state index contributed by atoms with van der Waals surface area (Å²) in [6.07, 6.45) is 0. The number of carbonyl (C=O) groups excluding carboxylic acids is 1. The summed E-state index contributed by atoms with van der Waals surface area (Å²) in [4.78, 5) is 22.5. The van der Waals surface area contributed by atoms with Crippen LogP contribution < -0.4 is 5.32 Å². The molecule has 0 fully saturated rings. The number of furan rings is 1. The fraction of sp³-hybridized carbons (Fsp3) is 0.143. The Labute approximate surface area is 130 Å². The Morgan fingerprint density at radius 3 is 2.71 bits per heavy atom. The van der Waals surface area contributed by atoms with Gasteiger partial charge in [0.05, 0.1) is 5.75 Å². The molecule has 1 amide bonds. The predicted molar refractivity (Wildman–Crippen MR) is 81.2 cm³/mol. The van der Waals surface area contributed by atoms with Gasteiger partial charge in [0.25, 0.3) is 0 Å². The quantitative estimate of drug-likeness (QED) is 0.820. The maximum Gasteiger partial charge on any atom is 0.371 e. The number of carboxylic acids is 1. The molecule has 110 valence electrons. The first-order chi connectivity index (χ1) is 9.95. The third kappa shape index (κ3) is 4.27. The lowest BCUT2D eigenvalue weighted by atomic mass is 10.2. The number of benzene rings is 1. The molecule has 0 aliphatic carbocycles. The van der Waals surface area contributed by atoms with Gasteiger partial charge in [0.2, 0.25) is 11.7 Å². The van der Waals surface area contributed by atoms with E-state index in [-0.39, 0.29) is 17.4 Å². The maximum absolute atomic E-state index is 11.8. The molecular weight excluding hydrogens is 314 g/mol. The van der Waals surface area contributed by atoms with Crippen LogP contribution >= 0.6 is 23.4 Å². The Bertz CT molecular complexity index is 683. The average molecular weight is 326 g/mol. The molecular formula is C14H12ClNO4S. The minimum atomic E-state index is -1.14. The number of halogens is 1. The molecule has 0 bridgehead atoms. The molecule has 7 heteroatoms. The zero-order chi connectivity index (χ0) is 15.4. The van der Waals surface area contributed by atoms with Gasteiger partial charge >= 0.3 is 5.97 Å². The maximum atomic E-state index is 11.8. The summed E-state index contributed by atoms with van der Waals surface area (Å²) in [7, 11) is 0. The van der Waals surface area contributed by atoms with Crippen molar-refractivity contribution in [2.24, 2.45) is 0 Å². The number of hydrogen-bond acceptors (Lipinski definition) is 4. The summed E-state index contributed by atoms with van der Waals surface area (Å²) < 4.78 is 5.05. The van der Waals surface area contributed by atoms with Crippen molar-refractivity contribution in [3.8, 4) is 0 Å². The summed E-state index contributed by atoms with van der Waals surface area (Å²) in [6, 6.07) is 8.06. The fourth-order valence-corrected chi connectivity index (χ4v) is 2.49. The molecule has 0 aliphatic rings. The first kappa shape index (κ1) is 15.5. The lowest BCUT2D eigenvalue weighted by molar-refractivity contribution is -0.113. The van der Waals surface area contributed by atoms with E-state index in [0.29, 0.717) is 15.8 Å². The van der Waals surface area contributed by atoms with Crippen molar-refractivity contribution in [1.82, 2.24) is 0 Å². The van der Waals surface area contributed by atoms with E-state index in [1.165, 1.54) is 12.1 Å². The van der Waals surface area contributed by atoms with Crippen molar-refractivity contribution >= 4 is 40.9 Å². The lowest BCUT2D eigenvalue weighted by Crippen LogP contribution is -2.14. The van der Waals surface area contributed by atoms with Crippen molar-refractivity contribution in [2.45, 2.75) is 12.0 Å². The van der Waals surface area contributed by atoms with E-state index >= 15 is 0 Å². The van der Waals surface area contributed by atoms with Crippen LogP contribution in [0.15, 0.2) is 39.8 Å². The van der Waals surface area contributed by atoms with Crippen LogP contribution in [0.2, 0.25) is 5.02 Å². The Hall–Kier alpha value is -1.92. The van der Waals surface area contributed by atoms with Gasteiger partial charge in [-0.3, -0.25) is 4.79 Å². The normalized spacial score (nSPS) is 10.4. The summed E-state index contributed by atoms with van der Waals surface area (Å²) >= 11 is 6.97. The average Bonchev–Trinajstić information content (AvgIpc) is 2.89. The first-order valence-electron chi connectivity index (χ1n) is 5.97. The summed E-state index contributed by atoms with van der Waals surface area (Å²) in [6.45, 7) is 1.85. The van der Waals surface area contributed by atoms with Crippen LogP contribution in [0, 0.1) is 6.92 Å². The van der Waals surface area contributed by atoms with Gasteiger partial charge in [0.1, 0.15) is 0 Å². The molecule has 1 aromatic carbocycles. The van der Waals surface area contributed by atoms with Crippen molar-refractivity contribution in [3.05, 3.63) is 46.7 Å². The molecule has 0 spiro atoms. The minimum absolute atomic E-state index is 0.120. The van der Waals surface area contributed by atoms with E-state index < -0.39 is 5.97 Å². The van der Waals surface area contributed by atoms with Gasteiger partial charge in [-0.15, -0.1) is 0 Å². The molecule has 5 nitrogen and oxygen atoms in total. The predicted octanol–water partition coefficient (Wildman–Crippen LogP) is 3.67. The zero-order valence-corrected chi connectivity index (χ0v) is 12.6. The van der Waals surface area contributed by atoms with Gasteiger partial charge in [0.15, 0.2) is 5.09 Å². The van der Waals surface area contributed by atoms with E-state index in [0.717, 1.165) is 17.3 Å². The molecule has 1 heterocycles. The van der Waals surface area contributed by atoms with E-state index in [1.807, 2.05) is 6.92 Å². The number of hydrogen-bond donors (Lipinski definition) is 2. The van der Waals surface area contributed by atoms with Crippen LogP contribution in [0.25, 0.3) is 0 Å². The van der Waals surface area contributed by atoms with Gasteiger partial charge in [0, 0.05) is 10.7 Å². The standard InChI is InChI=1S/C14H12ClNO4S/c1-8-6-9(15)2-3-10(8)16-12(17)7-21-13-5-4-11(20-13)14(18)19/h2-6H,7H2,1H3,(H,16,17)(H,18,19). The third-order valence-electron chi connectivity index (χ3n) is 2.60. The van der Waals surface area contributed by atoms with E-state index in [4.69, 9.17) is 21.1 Å². The van der Waals surface area contributed by atoms with Crippen LogP contribution in [-0.2, 0) is 4.79 Å². The van der Waals surface area contributed by atoms with Gasteiger partial charge in [-0.1, -0.05) is 23.4 Å². The number of aryl methyl sites for hydroxylation is 1. The molecule has 0 radical (unpaired) electrons.